The molecule has 2 aliphatic carbocycles. The van der Waals surface area contributed by atoms with Gasteiger partial charge in [0.1, 0.15) is 0 Å². The van der Waals surface area contributed by atoms with E-state index in [4.69, 9.17) is 0 Å². The van der Waals surface area contributed by atoms with Gasteiger partial charge in [0, 0.05) is 28.1 Å². The highest BCUT2D eigenvalue weighted by atomic mass is 15.2. The van der Waals surface area contributed by atoms with Crippen LogP contribution in [0.4, 0.5) is 34.1 Å². The SMILES string of the molecule is C=CC1=C(C)Cc2c(N(c3ccc(C(C)(C)C)cc3)c3cccc(C)c3)cc3c(c21)-c1c(cc(N(c2ccc(C(C)(C)C)cc2)c2cccc(C)c2)c2ccccc12)C3. The molecule has 0 bridgehead atoms. The third kappa shape index (κ3) is 6.69. The number of allylic oxidation sites excluding steroid dienone is 3. The van der Waals surface area contributed by atoms with Crippen LogP contribution in [0, 0.1) is 13.8 Å². The summed E-state index contributed by atoms with van der Waals surface area (Å²) in [5.41, 5.74) is 23.2. The smallest absolute Gasteiger partial charge is 0.0543 e. The maximum atomic E-state index is 4.43. The number of rotatable bonds is 7. The molecule has 294 valence electrons. The van der Waals surface area contributed by atoms with E-state index in [0.717, 1.165) is 24.2 Å². The summed E-state index contributed by atoms with van der Waals surface area (Å²) in [5, 5.41) is 2.54. The van der Waals surface area contributed by atoms with Gasteiger partial charge < -0.3 is 9.80 Å². The Kier molecular flexibility index (Phi) is 9.31. The summed E-state index contributed by atoms with van der Waals surface area (Å²) >= 11 is 0. The fourth-order valence-electron chi connectivity index (χ4n) is 9.56. The molecule has 0 spiro atoms. The Labute approximate surface area is 352 Å². The number of anilines is 6. The highest BCUT2D eigenvalue weighted by Gasteiger charge is 2.35. The van der Waals surface area contributed by atoms with Crippen molar-refractivity contribution in [2.75, 3.05) is 9.80 Å². The first-order chi connectivity index (χ1) is 28.2. The summed E-state index contributed by atoms with van der Waals surface area (Å²) in [4.78, 5) is 4.98. The standard InChI is InChI=1S/C57H56N2/c1-11-47-38(4)32-50-52(59(46-19-15-17-37(3)31-46)44-28-24-42(25-29-44)57(8,9)10)35-40-33-39-34-51(48-20-12-13-21-49(48)53(39)54(40)55(47)50)58(45-18-14-16-36(2)30-45)43-26-22-41(23-27-43)56(5,6)7/h11-31,34-35H,1,32-33H2,2-10H3. The summed E-state index contributed by atoms with van der Waals surface area (Å²) in [6.45, 7) is 24.8. The lowest BCUT2D eigenvalue weighted by molar-refractivity contribution is 0.590. The van der Waals surface area contributed by atoms with Crippen LogP contribution >= 0.6 is 0 Å². The Hall–Kier alpha value is -6.12. The molecule has 2 aliphatic rings. The first-order valence-electron chi connectivity index (χ1n) is 21.2. The molecule has 0 unspecified atom stereocenters. The Bertz CT molecular complexity index is 2820. The van der Waals surface area contributed by atoms with Crippen molar-refractivity contribution >= 4 is 50.5 Å². The van der Waals surface area contributed by atoms with Gasteiger partial charge in [0.15, 0.2) is 0 Å². The summed E-state index contributed by atoms with van der Waals surface area (Å²) in [7, 11) is 0. The molecule has 2 nitrogen and oxygen atoms in total. The molecule has 59 heavy (non-hydrogen) atoms. The molecule has 0 saturated heterocycles. The molecular formula is C57H56N2. The molecule has 0 N–H and O–H groups in total. The van der Waals surface area contributed by atoms with Crippen molar-refractivity contribution in [1.29, 1.82) is 0 Å². The van der Waals surface area contributed by atoms with Crippen LogP contribution in [0.1, 0.15) is 93.0 Å². The van der Waals surface area contributed by atoms with E-state index in [-0.39, 0.29) is 10.8 Å². The van der Waals surface area contributed by atoms with Crippen molar-refractivity contribution in [3.63, 3.8) is 0 Å². The molecule has 2 heteroatoms. The minimum Gasteiger partial charge on any atom is -0.310 e. The normalized spacial score (nSPS) is 13.4. The molecule has 0 heterocycles. The van der Waals surface area contributed by atoms with Crippen molar-refractivity contribution in [2.24, 2.45) is 0 Å². The van der Waals surface area contributed by atoms with E-state index in [1.807, 2.05) is 0 Å². The molecule has 0 saturated carbocycles. The maximum absolute atomic E-state index is 4.43. The topological polar surface area (TPSA) is 6.48 Å². The van der Waals surface area contributed by atoms with Crippen molar-refractivity contribution in [3.05, 3.63) is 196 Å². The molecule has 9 rings (SSSR count). The van der Waals surface area contributed by atoms with Crippen LogP contribution in [0.2, 0.25) is 0 Å². The van der Waals surface area contributed by atoms with Crippen LogP contribution in [0.25, 0.3) is 27.5 Å². The third-order valence-electron chi connectivity index (χ3n) is 12.6. The van der Waals surface area contributed by atoms with Gasteiger partial charge in [0.05, 0.1) is 11.4 Å². The monoisotopic (exact) mass is 768 g/mol. The summed E-state index contributed by atoms with van der Waals surface area (Å²) in [6.07, 6.45) is 3.84. The second-order valence-corrected chi connectivity index (χ2v) is 19.0. The van der Waals surface area contributed by atoms with Crippen LogP contribution in [0.5, 0.6) is 0 Å². The van der Waals surface area contributed by atoms with Crippen molar-refractivity contribution in [3.8, 4) is 11.1 Å². The summed E-state index contributed by atoms with van der Waals surface area (Å²) in [6, 6.07) is 50.4. The van der Waals surface area contributed by atoms with Crippen molar-refractivity contribution in [2.45, 2.75) is 86.0 Å². The van der Waals surface area contributed by atoms with Gasteiger partial charge in [0.25, 0.3) is 0 Å². The largest absolute Gasteiger partial charge is 0.310 e. The van der Waals surface area contributed by atoms with Gasteiger partial charge >= 0.3 is 0 Å². The van der Waals surface area contributed by atoms with Crippen LogP contribution < -0.4 is 9.80 Å². The van der Waals surface area contributed by atoms with Gasteiger partial charge in [-0.15, -0.1) is 0 Å². The third-order valence-corrected chi connectivity index (χ3v) is 12.6. The van der Waals surface area contributed by atoms with Gasteiger partial charge in [-0.2, -0.15) is 0 Å². The molecule has 0 aromatic heterocycles. The van der Waals surface area contributed by atoms with E-state index in [9.17, 15) is 0 Å². The first kappa shape index (κ1) is 38.4. The lowest BCUT2D eigenvalue weighted by Crippen LogP contribution is -2.15. The lowest BCUT2D eigenvalue weighted by atomic mass is 9.86. The van der Waals surface area contributed by atoms with E-state index in [1.165, 1.54) is 100 Å². The van der Waals surface area contributed by atoms with Crippen LogP contribution in [-0.4, -0.2) is 0 Å². The average Bonchev–Trinajstić information content (AvgIpc) is 3.74. The zero-order valence-electron chi connectivity index (χ0n) is 36.3. The molecule has 0 fully saturated rings. The molecule has 0 atom stereocenters. The number of hydrogen-bond donors (Lipinski definition) is 0. The van der Waals surface area contributed by atoms with Gasteiger partial charge in [-0.25, -0.2) is 0 Å². The van der Waals surface area contributed by atoms with Gasteiger partial charge in [-0.3, -0.25) is 0 Å². The van der Waals surface area contributed by atoms with E-state index >= 15 is 0 Å². The zero-order chi connectivity index (χ0) is 41.4. The van der Waals surface area contributed by atoms with Crippen LogP contribution in [-0.2, 0) is 23.7 Å². The maximum Gasteiger partial charge on any atom is 0.0543 e. The highest BCUT2D eigenvalue weighted by Crippen LogP contribution is 2.55. The molecule has 0 amide bonds. The number of benzene rings is 7. The Morgan fingerprint density at radius 2 is 0.966 bits per heavy atom. The Morgan fingerprint density at radius 1 is 0.475 bits per heavy atom. The Morgan fingerprint density at radius 3 is 1.47 bits per heavy atom. The second kappa shape index (κ2) is 14.3. The predicted molar refractivity (Wildman–Crippen MR) is 255 cm³/mol. The van der Waals surface area contributed by atoms with Crippen molar-refractivity contribution < 1.29 is 0 Å². The van der Waals surface area contributed by atoms with E-state index in [1.54, 1.807) is 0 Å². The van der Waals surface area contributed by atoms with Crippen molar-refractivity contribution in [1.82, 2.24) is 0 Å². The first-order valence-corrected chi connectivity index (χ1v) is 21.2. The van der Waals surface area contributed by atoms with E-state index in [0.29, 0.717) is 0 Å². The van der Waals surface area contributed by atoms with Gasteiger partial charge in [-0.05, 0) is 172 Å². The van der Waals surface area contributed by atoms with Gasteiger partial charge in [0.2, 0.25) is 0 Å². The Balaban J connectivity index is 1.29. The zero-order valence-corrected chi connectivity index (χ0v) is 36.3. The minimum atomic E-state index is 0.0691. The van der Waals surface area contributed by atoms with E-state index < -0.39 is 0 Å². The molecule has 7 aromatic rings. The minimum absolute atomic E-state index is 0.0691. The lowest BCUT2D eigenvalue weighted by Gasteiger charge is -2.30. The van der Waals surface area contributed by atoms with E-state index in [2.05, 4.69) is 218 Å². The number of hydrogen-bond acceptors (Lipinski definition) is 2. The predicted octanol–water partition coefficient (Wildman–Crippen LogP) is 16.1. The molecule has 0 aliphatic heterocycles. The molecular weight excluding hydrogens is 713 g/mol. The average molecular weight is 769 g/mol. The summed E-state index contributed by atoms with van der Waals surface area (Å²) in [5.74, 6) is 0. The quantitative estimate of drug-likeness (QED) is 0.159. The highest BCUT2D eigenvalue weighted by molar-refractivity contribution is 6.12. The summed E-state index contributed by atoms with van der Waals surface area (Å²) < 4.78 is 0. The van der Waals surface area contributed by atoms with Crippen LogP contribution in [0.3, 0.4) is 0 Å². The fraction of sp³-hybridized carbons (Fsp3) is 0.228. The molecule has 0 radical (unpaired) electrons. The number of fused-ring (bicyclic) bond motifs is 7. The van der Waals surface area contributed by atoms with Gasteiger partial charge in [-0.1, -0.05) is 133 Å². The number of nitrogens with zero attached hydrogens (tertiary/aromatic N) is 2. The number of aryl methyl sites for hydroxylation is 2. The fourth-order valence-corrected chi connectivity index (χ4v) is 9.56. The molecule has 7 aromatic carbocycles. The second-order valence-electron chi connectivity index (χ2n) is 19.0. The van der Waals surface area contributed by atoms with Crippen LogP contribution in [0.15, 0.2) is 152 Å².